The smallest absolute Gasteiger partial charge is 0.186 e. The van der Waals surface area contributed by atoms with Gasteiger partial charge >= 0.3 is 0 Å². The average Bonchev–Trinajstić information content (AvgIpc) is 2.49. The van der Waals surface area contributed by atoms with Crippen LogP contribution in [0, 0.1) is 11.3 Å². The predicted molar refractivity (Wildman–Crippen MR) is 97.3 cm³/mol. The van der Waals surface area contributed by atoms with Crippen LogP contribution in [0.5, 0.6) is 0 Å². The van der Waals surface area contributed by atoms with Crippen molar-refractivity contribution in [2.24, 2.45) is 11.3 Å². The first-order chi connectivity index (χ1) is 10.5. The molecular weight excluding hydrogens is 284 g/mol. The van der Waals surface area contributed by atoms with Gasteiger partial charge in [0.25, 0.3) is 0 Å². The lowest BCUT2D eigenvalue weighted by Crippen LogP contribution is -2.29. The highest BCUT2D eigenvalue weighted by molar-refractivity contribution is 6.25. The molecule has 1 atom stereocenters. The molecule has 0 aromatic heterocycles. The largest absolute Gasteiger partial charge is 0.289 e. The van der Waals surface area contributed by atoms with Gasteiger partial charge in [-0.2, -0.15) is 0 Å². The third kappa shape index (κ3) is 4.31. The average molecular weight is 316 g/mol. The summed E-state index contributed by atoms with van der Waals surface area (Å²) in [6.07, 6.45) is 5.29. The van der Waals surface area contributed by atoms with Gasteiger partial charge in [-0.3, -0.25) is 9.59 Å². The Morgan fingerprint density at radius 3 is 2.09 bits per heavy atom. The molecule has 0 aliphatic heterocycles. The lowest BCUT2D eigenvalue weighted by atomic mass is 9.71. The maximum Gasteiger partial charge on any atom is 0.186 e. The number of hydrogen-bond donors (Lipinski definition) is 0. The van der Waals surface area contributed by atoms with Crippen LogP contribution in [0.2, 0.25) is 0 Å². The Morgan fingerprint density at radius 2 is 1.57 bits per heavy atom. The van der Waals surface area contributed by atoms with Crippen LogP contribution in [-0.2, 0) is 9.59 Å². The summed E-state index contributed by atoms with van der Waals surface area (Å²) in [6.45, 7) is 16.1. The lowest BCUT2D eigenvalue weighted by molar-refractivity contribution is -0.117. The van der Waals surface area contributed by atoms with Crippen molar-refractivity contribution in [3.05, 3.63) is 33.9 Å². The van der Waals surface area contributed by atoms with E-state index in [9.17, 15) is 9.59 Å². The summed E-state index contributed by atoms with van der Waals surface area (Å²) in [6, 6.07) is 0. The highest BCUT2D eigenvalue weighted by atomic mass is 16.1. The second-order valence-electron chi connectivity index (χ2n) is 7.76. The third-order valence-corrected chi connectivity index (χ3v) is 5.19. The first-order valence-electron chi connectivity index (χ1n) is 8.66. The Balaban J connectivity index is 3.06. The molecule has 0 bridgehead atoms. The molecule has 1 aliphatic carbocycles. The van der Waals surface area contributed by atoms with E-state index in [1.807, 2.05) is 0 Å². The van der Waals surface area contributed by atoms with Crippen LogP contribution in [0.4, 0.5) is 0 Å². The maximum absolute atomic E-state index is 12.7. The maximum atomic E-state index is 12.7. The molecule has 0 aromatic carbocycles. The van der Waals surface area contributed by atoms with E-state index in [2.05, 4.69) is 40.7 Å². The number of rotatable bonds is 6. The van der Waals surface area contributed by atoms with Crippen LogP contribution in [0.15, 0.2) is 33.9 Å². The van der Waals surface area contributed by atoms with Gasteiger partial charge in [-0.05, 0) is 51.9 Å². The van der Waals surface area contributed by atoms with Crippen molar-refractivity contribution in [3.63, 3.8) is 0 Å². The van der Waals surface area contributed by atoms with Crippen LogP contribution in [-0.4, -0.2) is 11.6 Å². The number of hydrogen-bond acceptors (Lipinski definition) is 2. The minimum absolute atomic E-state index is 0.0190. The van der Waals surface area contributed by atoms with Crippen molar-refractivity contribution in [2.75, 3.05) is 0 Å². The summed E-state index contributed by atoms with van der Waals surface area (Å²) >= 11 is 0. The fourth-order valence-electron chi connectivity index (χ4n) is 3.22. The van der Waals surface area contributed by atoms with Gasteiger partial charge < -0.3 is 0 Å². The molecule has 0 heterocycles. The molecule has 1 rings (SSSR count). The molecule has 0 saturated carbocycles. The van der Waals surface area contributed by atoms with Gasteiger partial charge in [0.15, 0.2) is 11.6 Å². The summed E-state index contributed by atoms with van der Waals surface area (Å²) in [5.74, 6) is 0.740. The molecule has 1 unspecified atom stereocenters. The van der Waals surface area contributed by atoms with Crippen molar-refractivity contribution in [1.82, 2.24) is 0 Å². The zero-order valence-electron chi connectivity index (χ0n) is 16.1. The van der Waals surface area contributed by atoms with E-state index in [0.717, 1.165) is 12.8 Å². The molecule has 2 heteroatoms. The Labute approximate surface area is 141 Å². The molecule has 0 aromatic rings. The van der Waals surface area contributed by atoms with Crippen molar-refractivity contribution in [2.45, 2.75) is 74.7 Å². The molecule has 128 valence electrons. The van der Waals surface area contributed by atoms with E-state index in [1.165, 1.54) is 12.0 Å². The number of Topliss-reactive ketones (excluding diaryl/α,β-unsaturated/α-hetero) is 2. The summed E-state index contributed by atoms with van der Waals surface area (Å²) in [4.78, 5) is 25.1. The third-order valence-electron chi connectivity index (χ3n) is 5.19. The van der Waals surface area contributed by atoms with Gasteiger partial charge in [-0.15, -0.1) is 0 Å². The van der Waals surface area contributed by atoms with Crippen LogP contribution in [0.3, 0.4) is 0 Å². The summed E-state index contributed by atoms with van der Waals surface area (Å²) in [5, 5.41) is 0. The Kier molecular flexibility index (Phi) is 6.33. The van der Waals surface area contributed by atoms with E-state index in [-0.39, 0.29) is 17.0 Å². The monoisotopic (exact) mass is 316 g/mol. The molecule has 0 N–H and O–H groups in total. The quantitative estimate of drug-likeness (QED) is 0.473. The van der Waals surface area contributed by atoms with Crippen LogP contribution >= 0.6 is 0 Å². The highest BCUT2D eigenvalue weighted by Crippen LogP contribution is 2.39. The minimum atomic E-state index is -0.324. The van der Waals surface area contributed by atoms with E-state index in [4.69, 9.17) is 0 Å². The van der Waals surface area contributed by atoms with Gasteiger partial charge in [0.2, 0.25) is 0 Å². The molecule has 1 aliphatic rings. The number of carbonyl (C=O) groups excluding carboxylic acids is 2. The van der Waals surface area contributed by atoms with Gasteiger partial charge in [-0.25, -0.2) is 0 Å². The highest BCUT2D eigenvalue weighted by Gasteiger charge is 2.36. The molecule has 0 spiro atoms. The molecule has 0 saturated heterocycles. The van der Waals surface area contributed by atoms with E-state index >= 15 is 0 Å². The zero-order chi connectivity index (χ0) is 17.9. The first-order valence-corrected chi connectivity index (χ1v) is 8.66. The van der Waals surface area contributed by atoms with Crippen LogP contribution in [0.25, 0.3) is 0 Å². The molecule has 0 amide bonds. The predicted octanol–water partition coefficient (Wildman–Crippen LogP) is 5.59. The van der Waals surface area contributed by atoms with Crippen molar-refractivity contribution in [1.29, 1.82) is 0 Å². The normalized spacial score (nSPS) is 18.9. The van der Waals surface area contributed by atoms with Gasteiger partial charge in [0.1, 0.15) is 0 Å². The SMILES string of the molecule is CCC(C)C/C(C)=C/CC(C)(C)C1=C(C)C(=O)C(C)=C(C)C1=O. The number of allylic oxidation sites excluding steroid dienone is 6. The van der Waals surface area contributed by atoms with Crippen molar-refractivity contribution < 1.29 is 9.59 Å². The molecule has 2 nitrogen and oxygen atoms in total. The molecule has 23 heavy (non-hydrogen) atoms. The molecule has 0 radical (unpaired) electrons. The van der Waals surface area contributed by atoms with E-state index in [1.54, 1.807) is 20.8 Å². The molecule has 0 fully saturated rings. The standard InChI is InChI=1S/C21H32O2/c1-9-13(2)12-14(3)10-11-21(7,8)18-17(6)19(22)15(4)16(5)20(18)23/h10,13H,9,11-12H2,1-8H3/b14-10+. The van der Waals surface area contributed by atoms with Gasteiger partial charge in [0.05, 0.1) is 0 Å². The van der Waals surface area contributed by atoms with Gasteiger partial charge in [-0.1, -0.05) is 45.8 Å². The summed E-state index contributed by atoms with van der Waals surface area (Å²) in [5.41, 5.74) is 3.55. The molecular formula is C21H32O2. The first kappa shape index (κ1) is 19.6. The summed E-state index contributed by atoms with van der Waals surface area (Å²) < 4.78 is 0. The van der Waals surface area contributed by atoms with E-state index in [0.29, 0.717) is 28.2 Å². The van der Waals surface area contributed by atoms with Crippen LogP contribution < -0.4 is 0 Å². The Bertz CT molecular complexity index is 597. The fraction of sp³-hybridized carbons (Fsp3) is 0.619. The Hall–Kier alpha value is -1.44. The fourth-order valence-corrected chi connectivity index (χ4v) is 3.22. The van der Waals surface area contributed by atoms with Crippen molar-refractivity contribution >= 4 is 11.6 Å². The Morgan fingerprint density at radius 1 is 1.04 bits per heavy atom. The summed E-state index contributed by atoms with van der Waals surface area (Å²) in [7, 11) is 0. The van der Waals surface area contributed by atoms with Crippen LogP contribution in [0.1, 0.15) is 74.7 Å². The lowest BCUT2D eigenvalue weighted by Gasteiger charge is -2.31. The topological polar surface area (TPSA) is 34.1 Å². The van der Waals surface area contributed by atoms with E-state index < -0.39 is 0 Å². The number of carbonyl (C=O) groups is 2. The van der Waals surface area contributed by atoms with Crippen molar-refractivity contribution in [3.8, 4) is 0 Å². The zero-order valence-corrected chi connectivity index (χ0v) is 16.1. The number of ketones is 2. The second kappa shape index (κ2) is 7.42. The minimum Gasteiger partial charge on any atom is -0.289 e. The van der Waals surface area contributed by atoms with Gasteiger partial charge in [0, 0.05) is 22.3 Å². The second-order valence-corrected chi connectivity index (χ2v) is 7.76.